The molecule has 0 aromatic carbocycles. The van der Waals surface area contributed by atoms with Crippen molar-refractivity contribution >= 4 is 51.1 Å². The predicted molar refractivity (Wildman–Crippen MR) is 75.0 cm³/mol. The van der Waals surface area contributed by atoms with Crippen molar-refractivity contribution in [2.75, 3.05) is 0 Å². The number of fused-ring (bicyclic) bond motifs is 1. The first kappa shape index (κ1) is 11.4. The average Bonchev–Trinajstić information content (AvgIpc) is 2.93. The molecule has 0 unspecified atom stereocenters. The Hall–Kier alpha value is -1.73. The van der Waals surface area contributed by atoms with Gasteiger partial charge in [0, 0.05) is 4.88 Å². The van der Waals surface area contributed by atoms with Gasteiger partial charge in [0.05, 0.1) is 10.6 Å². The monoisotopic (exact) mass is 276 g/mol. The molecule has 1 amide bonds. The Labute approximate surface area is 111 Å². The Kier molecular flexibility index (Phi) is 2.64. The maximum atomic E-state index is 11.9. The molecule has 18 heavy (non-hydrogen) atoms. The molecule has 90 valence electrons. The van der Waals surface area contributed by atoms with Gasteiger partial charge in [-0.25, -0.2) is 0 Å². The van der Waals surface area contributed by atoms with Crippen LogP contribution in [0.3, 0.4) is 0 Å². The fourth-order valence-electron chi connectivity index (χ4n) is 1.60. The minimum absolute atomic E-state index is 0.0859. The van der Waals surface area contributed by atoms with E-state index in [-0.39, 0.29) is 17.3 Å². The molecule has 0 atom stereocenters. The average molecular weight is 276 g/mol. The number of amides is 1. The van der Waals surface area contributed by atoms with Crippen molar-refractivity contribution in [3.8, 4) is 0 Å². The fourth-order valence-corrected chi connectivity index (χ4v) is 2.99. The van der Waals surface area contributed by atoms with Crippen LogP contribution in [0.4, 0.5) is 0 Å². The molecule has 3 heterocycles. The summed E-state index contributed by atoms with van der Waals surface area (Å²) in [7, 11) is 0. The van der Waals surface area contributed by atoms with Crippen molar-refractivity contribution in [1.29, 1.82) is 5.41 Å². The molecular formula is C11H8N4OS2. The second-order valence-electron chi connectivity index (χ2n) is 3.65. The third kappa shape index (κ3) is 1.81. The summed E-state index contributed by atoms with van der Waals surface area (Å²) in [4.78, 5) is 16.8. The number of rotatable bonds is 1. The van der Waals surface area contributed by atoms with Gasteiger partial charge in [0.15, 0.2) is 5.84 Å². The van der Waals surface area contributed by atoms with Crippen LogP contribution in [0, 0.1) is 5.41 Å². The van der Waals surface area contributed by atoms with Gasteiger partial charge in [0.1, 0.15) is 0 Å². The summed E-state index contributed by atoms with van der Waals surface area (Å²) < 4.78 is 0. The molecule has 5 nitrogen and oxygen atoms in total. The second-order valence-corrected chi connectivity index (χ2v) is 5.79. The van der Waals surface area contributed by atoms with Crippen molar-refractivity contribution in [2.24, 2.45) is 10.1 Å². The van der Waals surface area contributed by atoms with E-state index in [4.69, 9.17) is 5.41 Å². The van der Waals surface area contributed by atoms with Crippen LogP contribution in [-0.2, 0) is 4.79 Å². The molecule has 2 aliphatic heterocycles. The molecule has 0 aliphatic carbocycles. The standard InChI is InChI=1S/C11H8N4OS2/c1-6-14-15-9(12)8(5-7-3-2-4-17-7)10(16)13-11(15)18-6/h2-5,12H,1H3/b8-5-,12-9?. The Morgan fingerprint density at radius 1 is 1.50 bits per heavy atom. The molecule has 1 aromatic heterocycles. The summed E-state index contributed by atoms with van der Waals surface area (Å²) in [6, 6.07) is 3.79. The van der Waals surface area contributed by atoms with Gasteiger partial charge < -0.3 is 0 Å². The normalized spacial score (nSPS) is 21.2. The van der Waals surface area contributed by atoms with Crippen molar-refractivity contribution in [1.82, 2.24) is 5.01 Å². The lowest BCUT2D eigenvalue weighted by atomic mass is 10.1. The number of hydrogen-bond acceptors (Lipinski definition) is 5. The number of nitrogens with one attached hydrogen (secondary N) is 1. The molecule has 0 fully saturated rings. The molecule has 0 spiro atoms. The first-order valence-electron chi connectivity index (χ1n) is 5.15. The van der Waals surface area contributed by atoms with Gasteiger partial charge in [-0.3, -0.25) is 10.2 Å². The van der Waals surface area contributed by atoms with Crippen LogP contribution in [0.25, 0.3) is 6.08 Å². The molecule has 0 bridgehead atoms. The topological polar surface area (TPSA) is 68.9 Å². The van der Waals surface area contributed by atoms with Gasteiger partial charge >= 0.3 is 0 Å². The molecular weight excluding hydrogens is 268 g/mol. The van der Waals surface area contributed by atoms with Crippen LogP contribution in [0.5, 0.6) is 0 Å². The third-order valence-electron chi connectivity index (χ3n) is 2.39. The fraction of sp³-hybridized carbons (Fsp3) is 0.0909. The van der Waals surface area contributed by atoms with Crippen molar-refractivity contribution < 1.29 is 4.79 Å². The minimum atomic E-state index is -0.378. The van der Waals surface area contributed by atoms with E-state index in [0.717, 1.165) is 9.92 Å². The maximum absolute atomic E-state index is 11.9. The minimum Gasteiger partial charge on any atom is -0.282 e. The molecule has 1 N–H and O–H groups in total. The van der Waals surface area contributed by atoms with Crippen molar-refractivity contribution in [3.05, 3.63) is 28.0 Å². The largest absolute Gasteiger partial charge is 0.283 e. The van der Waals surface area contributed by atoms with Gasteiger partial charge in [-0.15, -0.1) is 11.3 Å². The molecule has 2 aliphatic rings. The maximum Gasteiger partial charge on any atom is 0.283 e. The first-order chi connectivity index (χ1) is 8.65. The van der Waals surface area contributed by atoms with E-state index >= 15 is 0 Å². The second kappa shape index (κ2) is 4.18. The molecule has 1 aromatic rings. The Bertz CT molecular complexity index is 627. The number of carbonyl (C=O) groups is 1. The number of hydrogen-bond donors (Lipinski definition) is 1. The lowest BCUT2D eigenvalue weighted by Crippen LogP contribution is -2.35. The van der Waals surface area contributed by atoms with Crippen molar-refractivity contribution in [3.63, 3.8) is 0 Å². The summed E-state index contributed by atoms with van der Waals surface area (Å²) in [5.74, 6) is -0.292. The van der Waals surface area contributed by atoms with E-state index in [0.29, 0.717) is 5.17 Å². The highest BCUT2D eigenvalue weighted by Gasteiger charge is 2.34. The quantitative estimate of drug-likeness (QED) is 0.801. The highest BCUT2D eigenvalue weighted by molar-refractivity contribution is 8.26. The molecule has 3 rings (SSSR count). The van der Waals surface area contributed by atoms with E-state index in [1.54, 1.807) is 6.08 Å². The number of amidine groups is 2. The number of thioether (sulfide) groups is 1. The lowest BCUT2D eigenvalue weighted by molar-refractivity contribution is -0.114. The lowest BCUT2D eigenvalue weighted by Gasteiger charge is -2.19. The zero-order valence-electron chi connectivity index (χ0n) is 9.38. The Morgan fingerprint density at radius 3 is 3.06 bits per heavy atom. The van der Waals surface area contributed by atoms with Crippen LogP contribution in [0.15, 0.2) is 33.2 Å². The molecule has 0 saturated carbocycles. The van der Waals surface area contributed by atoms with E-state index in [1.807, 2.05) is 24.4 Å². The summed E-state index contributed by atoms with van der Waals surface area (Å²) in [5, 5.41) is 16.8. The highest BCUT2D eigenvalue weighted by atomic mass is 32.2. The summed E-state index contributed by atoms with van der Waals surface area (Å²) in [6.45, 7) is 1.83. The zero-order chi connectivity index (χ0) is 12.7. The van der Waals surface area contributed by atoms with Gasteiger partial charge in [0.25, 0.3) is 5.91 Å². The van der Waals surface area contributed by atoms with E-state index < -0.39 is 0 Å². The van der Waals surface area contributed by atoms with E-state index in [2.05, 4.69) is 10.1 Å². The van der Waals surface area contributed by atoms with Crippen molar-refractivity contribution in [2.45, 2.75) is 6.92 Å². The van der Waals surface area contributed by atoms with E-state index in [9.17, 15) is 4.79 Å². The third-order valence-corrected chi connectivity index (χ3v) is 4.03. The van der Waals surface area contributed by atoms with E-state index in [1.165, 1.54) is 28.1 Å². The van der Waals surface area contributed by atoms with Crippen LogP contribution >= 0.6 is 23.1 Å². The zero-order valence-corrected chi connectivity index (χ0v) is 11.0. The Morgan fingerprint density at radius 2 is 2.33 bits per heavy atom. The number of carbonyl (C=O) groups excluding carboxylic acids is 1. The van der Waals surface area contributed by atoms with Gasteiger partial charge in [-0.1, -0.05) is 6.07 Å². The van der Waals surface area contributed by atoms with Crippen LogP contribution in [0.2, 0.25) is 0 Å². The number of thiophene rings is 1. The molecule has 0 saturated heterocycles. The van der Waals surface area contributed by atoms with Gasteiger partial charge in [-0.05, 0) is 36.2 Å². The van der Waals surface area contributed by atoms with Gasteiger partial charge in [-0.2, -0.15) is 15.1 Å². The highest BCUT2D eigenvalue weighted by Crippen LogP contribution is 2.28. The van der Waals surface area contributed by atoms with Crippen LogP contribution < -0.4 is 0 Å². The summed E-state index contributed by atoms with van der Waals surface area (Å²) >= 11 is 2.82. The first-order valence-corrected chi connectivity index (χ1v) is 6.85. The summed E-state index contributed by atoms with van der Waals surface area (Å²) in [5.41, 5.74) is 0.278. The number of nitrogens with zero attached hydrogens (tertiary/aromatic N) is 3. The van der Waals surface area contributed by atoms with Crippen LogP contribution in [-0.4, -0.2) is 27.0 Å². The summed E-state index contributed by atoms with van der Waals surface area (Å²) in [6.07, 6.45) is 1.68. The van der Waals surface area contributed by atoms with Gasteiger partial charge in [0.2, 0.25) is 5.17 Å². The Balaban J connectivity index is 2.04. The molecule has 0 radical (unpaired) electrons. The number of hydrazone groups is 1. The SMILES string of the molecule is CC1=NN2C(=N)/C(=C/c3cccs3)C(=O)N=C2S1. The number of aliphatic imine (C=N–C) groups is 1. The smallest absolute Gasteiger partial charge is 0.282 e. The van der Waals surface area contributed by atoms with Crippen LogP contribution in [0.1, 0.15) is 11.8 Å². The molecule has 7 heteroatoms. The predicted octanol–water partition coefficient (Wildman–Crippen LogP) is 2.39.